The van der Waals surface area contributed by atoms with Crippen molar-refractivity contribution in [3.63, 3.8) is 0 Å². The highest BCUT2D eigenvalue weighted by Gasteiger charge is 2.20. The van der Waals surface area contributed by atoms with Gasteiger partial charge >= 0.3 is 0 Å². The smallest absolute Gasteiger partial charge is 0.169 e. The molecule has 0 amide bonds. The molecule has 0 atom stereocenters. The van der Waals surface area contributed by atoms with Crippen molar-refractivity contribution in [2.24, 2.45) is 7.05 Å². The quantitative estimate of drug-likeness (QED) is 0.459. The van der Waals surface area contributed by atoms with E-state index >= 15 is 0 Å². The highest BCUT2D eigenvalue weighted by molar-refractivity contribution is 5.85. The van der Waals surface area contributed by atoms with Gasteiger partial charge in [0.25, 0.3) is 0 Å². The second-order valence-electron chi connectivity index (χ2n) is 4.54. The maximum absolute atomic E-state index is 13.7. The number of aromatic nitrogens is 1. The molecule has 0 saturated carbocycles. The van der Waals surface area contributed by atoms with Crippen molar-refractivity contribution in [2.45, 2.75) is 0 Å². The molecule has 0 N–H and O–H groups in total. The number of nitrogens with zero attached hydrogens (tertiary/aromatic N) is 1. The van der Waals surface area contributed by atoms with Gasteiger partial charge in [0.05, 0.1) is 5.56 Å². The predicted molar refractivity (Wildman–Crippen MR) is 68.2 cm³/mol. The topological polar surface area (TPSA) is 4.93 Å². The van der Waals surface area contributed by atoms with Gasteiger partial charge < -0.3 is 4.57 Å². The van der Waals surface area contributed by atoms with Gasteiger partial charge in [0, 0.05) is 30.2 Å². The van der Waals surface area contributed by atoms with Crippen LogP contribution >= 0.6 is 0 Å². The number of aryl methyl sites for hydroxylation is 1. The molecule has 2 aromatic carbocycles. The minimum absolute atomic E-state index is 0.0945. The average Bonchev–Trinajstić information content (AvgIpc) is 2.78. The van der Waals surface area contributed by atoms with Crippen LogP contribution in [-0.2, 0) is 7.05 Å². The lowest BCUT2D eigenvalue weighted by Gasteiger charge is -2.08. The van der Waals surface area contributed by atoms with Crippen LogP contribution in [0.5, 0.6) is 0 Å². The van der Waals surface area contributed by atoms with E-state index in [1.807, 2.05) is 11.6 Å². The van der Waals surface area contributed by atoms with Crippen molar-refractivity contribution >= 4 is 10.9 Å². The fourth-order valence-corrected chi connectivity index (χ4v) is 2.26. The minimum atomic E-state index is -1.41. The summed E-state index contributed by atoms with van der Waals surface area (Å²) in [6.07, 6.45) is 1.79. The summed E-state index contributed by atoms with van der Waals surface area (Å²) in [5.74, 6) is -5.60. The van der Waals surface area contributed by atoms with Crippen molar-refractivity contribution in [1.82, 2.24) is 4.57 Å². The highest BCUT2D eigenvalue weighted by Crippen LogP contribution is 2.31. The normalized spacial score (nSPS) is 11.2. The zero-order valence-electron chi connectivity index (χ0n) is 10.4. The Morgan fingerprint density at radius 1 is 0.850 bits per heavy atom. The van der Waals surface area contributed by atoms with Gasteiger partial charge in [-0.15, -0.1) is 0 Å². The molecule has 0 bridgehead atoms. The van der Waals surface area contributed by atoms with Gasteiger partial charge in [-0.05, 0) is 23.8 Å². The van der Waals surface area contributed by atoms with E-state index in [-0.39, 0.29) is 11.6 Å². The summed E-state index contributed by atoms with van der Waals surface area (Å²) in [6.45, 7) is 0. The SMILES string of the molecule is Cn1ccc2cc(-c3c(F)c(F)cc(F)c3F)ccc21. The van der Waals surface area contributed by atoms with Crippen LogP contribution in [0.4, 0.5) is 17.6 Å². The molecule has 0 aliphatic heterocycles. The molecule has 0 unspecified atom stereocenters. The molecule has 3 aromatic rings. The highest BCUT2D eigenvalue weighted by atomic mass is 19.2. The molecule has 0 aliphatic carbocycles. The van der Waals surface area contributed by atoms with Crippen LogP contribution in [0.15, 0.2) is 36.5 Å². The number of hydrogen-bond donors (Lipinski definition) is 0. The van der Waals surface area contributed by atoms with Crippen LogP contribution in [0.2, 0.25) is 0 Å². The first-order chi connectivity index (χ1) is 9.49. The van der Waals surface area contributed by atoms with E-state index in [1.54, 1.807) is 18.3 Å². The van der Waals surface area contributed by atoms with E-state index in [0.717, 1.165) is 10.9 Å². The second kappa shape index (κ2) is 4.37. The standard InChI is InChI=1S/C15H9F4N/c1-20-5-4-8-6-9(2-3-12(8)20)13-14(18)10(16)7-11(17)15(13)19/h2-7H,1H3. The number of fused-ring (bicyclic) bond motifs is 1. The summed E-state index contributed by atoms with van der Waals surface area (Å²) in [7, 11) is 1.82. The van der Waals surface area contributed by atoms with Crippen LogP contribution in [0.3, 0.4) is 0 Å². The third-order valence-electron chi connectivity index (χ3n) is 3.29. The van der Waals surface area contributed by atoms with Gasteiger partial charge in [0.2, 0.25) is 0 Å². The molecule has 5 heteroatoms. The zero-order valence-corrected chi connectivity index (χ0v) is 10.4. The lowest BCUT2D eigenvalue weighted by Crippen LogP contribution is -1.98. The molecule has 0 aliphatic rings. The molecular weight excluding hydrogens is 270 g/mol. The molecule has 1 nitrogen and oxygen atoms in total. The fourth-order valence-electron chi connectivity index (χ4n) is 2.26. The van der Waals surface area contributed by atoms with E-state index in [9.17, 15) is 17.6 Å². The lowest BCUT2D eigenvalue weighted by atomic mass is 10.0. The molecule has 20 heavy (non-hydrogen) atoms. The monoisotopic (exact) mass is 279 g/mol. The molecular formula is C15H9F4N. The third-order valence-corrected chi connectivity index (χ3v) is 3.29. The number of rotatable bonds is 1. The van der Waals surface area contributed by atoms with E-state index in [0.29, 0.717) is 0 Å². The largest absolute Gasteiger partial charge is 0.351 e. The molecule has 3 rings (SSSR count). The van der Waals surface area contributed by atoms with Crippen molar-refractivity contribution in [1.29, 1.82) is 0 Å². The summed E-state index contributed by atoms with van der Waals surface area (Å²) < 4.78 is 55.8. The fraction of sp³-hybridized carbons (Fsp3) is 0.0667. The molecule has 1 heterocycles. The van der Waals surface area contributed by atoms with Gasteiger partial charge in [0.15, 0.2) is 23.3 Å². The molecule has 0 fully saturated rings. The van der Waals surface area contributed by atoms with Crippen molar-refractivity contribution in [3.8, 4) is 11.1 Å². The molecule has 102 valence electrons. The first-order valence-electron chi connectivity index (χ1n) is 5.87. The maximum atomic E-state index is 13.7. The van der Waals surface area contributed by atoms with Crippen LogP contribution in [0.25, 0.3) is 22.0 Å². The van der Waals surface area contributed by atoms with Crippen LogP contribution < -0.4 is 0 Å². The van der Waals surface area contributed by atoms with E-state index in [1.165, 1.54) is 12.1 Å². The Kier molecular flexibility index (Phi) is 2.78. The Bertz CT molecular complexity index is 794. The minimum Gasteiger partial charge on any atom is -0.351 e. The first-order valence-corrected chi connectivity index (χ1v) is 5.87. The summed E-state index contributed by atoms with van der Waals surface area (Å²) in [5, 5.41) is 0.730. The van der Waals surface area contributed by atoms with E-state index in [4.69, 9.17) is 0 Å². The Morgan fingerprint density at radius 2 is 1.50 bits per heavy atom. The molecule has 0 spiro atoms. The maximum Gasteiger partial charge on any atom is 0.169 e. The van der Waals surface area contributed by atoms with E-state index in [2.05, 4.69) is 0 Å². The van der Waals surface area contributed by atoms with Crippen LogP contribution in [0.1, 0.15) is 0 Å². The second-order valence-corrected chi connectivity index (χ2v) is 4.54. The molecule has 0 saturated heterocycles. The Morgan fingerprint density at radius 3 is 2.15 bits per heavy atom. The Labute approximate surface area is 112 Å². The van der Waals surface area contributed by atoms with E-state index < -0.39 is 28.8 Å². The molecule has 1 aromatic heterocycles. The van der Waals surface area contributed by atoms with Gasteiger partial charge in [-0.2, -0.15) is 0 Å². The zero-order chi connectivity index (χ0) is 14.4. The third kappa shape index (κ3) is 1.78. The van der Waals surface area contributed by atoms with Gasteiger partial charge in [-0.25, -0.2) is 17.6 Å². The number of hydrogen-bond acceptors (Lipinski definition) is 0. The van der Waals surface area contributed by atoms with Gasteiger partial charge in [-0.1, -0.05) is 6.07 Å². The number of benzene rings is 2. The predicted octanol–water partition coefficient (Wildman–Crippen LogP) is 4.40. The Balaban J connectivity index is 2.30. The van der Waals surface area contributed by atoms with Crippen LogP contribution in [-0.4, -0.2) is 4.57 Å². The average molecular weight is 279 g/mol. The number of halogens is 4. The van der Waals surface area contributed by atoms with Crippen molar-refractivity contribution < 1.29 is 17.6 Å². The Hall–Kier alpha value is -2.30. The first kappa shape index (κ1) is 12.7. The summed E-state index contributed by atoms with van der Waals surface area (Å²) in [6, 6.07) is 6.53. The van der Waals surface area contributed by atoms with Crippen molar-refractivity contribution in [2.75, 3.05) is 0 Å². The molecule has 0 radical (unpaired) electrons. The van der Waals surface area contributed by atoms with Crippen molar-refractivity contribution in [3.05, 3.63) is 59.8 Å². The lowest BCUT2D eigenvalue weighted by molar-refractivity contribution is 0.458. The van der Waals surface area contributed by atoms with Crippen LogP contribution in [0, 0.1) is 23.3 Å². The van der Waals surface area contributed by atoms with Gasteiger partial charge in [0.1, 0.15) is 0 Å². The summed E-state index contributed by atoms with van der Waals surface area (Å²) >= 11 is 0. The summed E-state index contributed by atoms with van der Waals surface area (Å²) in [5.41, 5.74) is 0.261. The van der Waals surface area contributed by atoms with Gasteiger partial charge in [-0.3, -0.25) is 0 Å². The summed E-state index contributed by atoms with van der Waals surface area (Å²) in [4.78, 5) is 0.